The van der Waals surface area contributed by atoms with Crippen LogP contribution in [-0.2, 0) is 19.7 Å². The number of rotatable bonds is 7. The fourth-order valence-corrected chi connectivity index (χ4v) is 2.85. The number of hydrogen-bond acceptors (Lipinski definition) is 5. The molecule has 0 aliphatic rings. The second-order valence-corrected chi connectivity index (χ2v) is 9.93. The fraction of sp³-hybridized carbons (Fsp3) is 1.00. The molecule has 0 aliphatic heterocycles. The Bertz CT molecular complexity index is 437. The average Bonchev–Trinajstić information content (AvgIpc) is 2.15. The van der Waals surface area contributed by atoms with Crippen LogP contribution in [0.4, 0.5) is 0 Å². The van der Waals surface area contributed by atoms with Crippen molar-refractivity contribution in [3.8, 4) is 0 Å². The lowest BCUT2D eigenvalue weighted by Gasteiger charge is -2.29. The summed E-state index contributed by atoms with van der Waals surface area (Å²) in [4.78, 5) is 0. The highest BCUT2D eigenvalue weighted by Gasteiger charge is 2.36. The van der Waals surface area contributed by atoms with Crippen molar-refractivity contribution in [1.29, 1.82) is 0 Å². The third kappa shape index (κ3) is 4.93. The Kier molecular flexibility index (Phi) is 5.62. The lowest BCUT2D eigenvalue weighted by atomic mass is 10.00. The smallest absolute Gasteiger partial charge is 0.154 e. The van der Waals surface area contributed by atoms with Crippen molar-refractivity contribution < 1.29 is 16.8 Å². The predicted molar refractivity (Wildman–Crippen MR) is 70.5 cm³/mol. The molecule has 0 amide bonds. The van der Waals surface area contributed by atoms with Gasteiger partial charge in [0.15, 0.2) is 9.84 Å². The largest absolute Gasteiger partial charge is 0.326 e. The van der Waals surface area contributed by atoms with Gasteiger partial charge in [-0.15, -0.1) is 0 Å². The lowest BCUT2D eigenvalue weighted by molar-refractivity contribution is 0.459. The normalized spacial score (nSPS) is 15.8. The zero-order valence-electron chi connectivity index (χ0n) is 10.9. The highest BCUT2D eigenvalue weighted by atomic mass is 32.2. The third-order valence-corrected chi connectivity index (χ3v) is 7.26. The molecule has 1 atom stereocenters. The molecule has 0 bridgehead atoms. The van der Waals surface area contributed by atoms with Gasteiger partial charge in [-0.2, -0.15) is 0 Å². The Morgan fingerprint density at radius 1 is 1.18 bits per heavy atom. The molecule has 0 aromatic carbocycles. The van der Waals surface area contributed by atoms with Crippen LogP contribution in [0.1, 0.15) is 33.6 Å². The van der Waals surface area contributed by atoms with Crippen molar-refractivity contribution >= 4 is 19.7 Å². The topological polar surface area (TPSA) is 94.3 Å². The summed E-state index contributed by atoms with van der Waals surface area (Å²) in [6.07, 6.45) is 1.94. The molecule has 0 rings (SSSR count). The Morgan fingerprint density at radius 3 is 2.00 bits per heavy atom. The molecule has 5 nitrogen and oxygen atoms in total. The SMILES string of the molecule is CCS(=O)(=O)CCCC(N)C(C)(C)S(C)(=O)=O. The van der Waals surface area contributed by atoms with Gasteiger partial charge in [0.05, 0.1) is 10.5 Å². The first-order valence-electron chi connectivity index (χ1n) is 5.59. The molecule has 0 aromatic rings. The summed E-state index contributed by atoms with van der Waals surface area (Å²) in [6.45, 7) is 4.73. The summed E-state index contributed by atoms with van der Waals surface area (Å²) in [7, 11) is -6.25. The van der Waals surface area contributed by atoms with Gasteiger partial charge in [-0.25, -0.2) is 16.8 Å². The van der Waals surface area contributed by atoms with Gasteiger partial charge in [0.1, 0.15) is 9.84 Å². The molecule has 0 fully saturated rings. The minimum atomic E-state index is -3.25. The Labute approximate surface area is 105 Å². The van der Waals surface area contributed by atoms with Gasteiger partial charge < -0.3 is 5.73 Å². The van der Waals surface area contributed by atoms with Crippen molar-refractivity contribution in [3.63, 3.8) is 0 Å². The van der Waals surface area contributed by atoms with Crippen LogP contribution < -0.4 is 5.73 Å². The van der Waals surface area contributed by atoms with Gasteiger partial charge >= 0.3 is 0 Å². The van der Waals surface area contributed by atoms with Gasteiger partial charge in [-0.3, -0.25) is 0 Å². The van der Waals surface area contributed by atoms with Gasteiger partial charge in [-0.1, -0.05) is 6.92 Å². The molecular weight excluding hydrogens is 262 g/mol. The first kappa shape index (κ1) is 16.9. The lowest BCUT2D eigenvalue weighted by Crippen LogP contribution is -2.48. The zero-order valence-corrected chi connectivity index (χ0v) is 12.6. The van der Waals surface area contributed by atoms with E-state index < -0.39 is 30.5 Å². The molecule has 7 heteroatoms. The summed E-state index contributed by atoms with van der Waals surface area (Å²) in [5, 5.41) is 0. The van der Waals surface area contributed by atoms with Crippen molar-refractivity contribution in [2.24, 2.45) is 5.73 Å². The van der Waals surface area contributed by atoms with Gasteiger partial charge in [0, 0.05) is 18.1 Å². The van der Waals surface area contributed by atoms with Crippen molar-refractivity contribution in [2.45, 2.75) is 44.4 Å². The number of sulfone groups is 2. The molecule has 0 saturated carbocycles. The highest BCUT2D eigenvalue weighted by Crippen LogP contribution is 2.21. The van der Waals surface area contributed by atoms with Crippen LogP contribution in [0.2, 0.25) is 0 Å². The maximum absolute atomic E-state index is 11.5. The van der Waals surface area contributed by atoms with E-state index in [9.17, 15) is 16.8 Å². The van der Waals surface area contributed by atoms with Crippen molar-refractivity contribution in [2.75, 3.05) is 17.8 Å². The van der Waals surface area contributed by atoms with E-state index in [1.807, 2.05) is 0 Å². The van der Waals surface area contributed by atoms with E-state index in [4.69, 9.17) is 5.73 Å². The Balaban J connectivity index is 4.45. The van der Waals surface area contributed by atoms with Gasteiger partial charge in [0.2, 0.25) is 0 Å². The van der Waals surface area contributed by atoms with E-state index in [1.54, 1.807) is 20.8 Å². The van der Waals surface area contributed by atoms with Crippen LogP contribution in [-0.4, -0.2) is 45.4 Å². The van der Waals surface area contributed by atoms with E-state index in [2.05, 4.69) is 0 Å². The average molecular weight is 285 g/mol. The van der Waals surface area contributed by atoms with Gasteiger partial charge in [0.25, 0.3) is 0 Å². The molecule has 2 N–H and O–H groups in total. The van der Waals surface area contributed by atoms with E-state index in [0.29, 0.717) is 12.8 Å². The minimum absolute atomic E-state index is 0.0665. The van der Waals surface area contributed by atoms with Crippen LogP contribution in [0.25, 0.3) is 0 Å². The summed E-state index contributed by atoms with van der Waals surface area (Å²) in [6, 6.07) is -0.551. The van der Waals surface area contributed by atoms with E-state index in [0.717, 1.165) is 6.26 Å². The van der Waals surface area contributed by atoms with E-state index in [-0.39, 0.29) is 11.5 Å². The molecule has 0 spiro atoms. The molecule has 0 heterocycles. The summed E-state index contributed by atoms with van der Waals surface area (Å²) < 4.78 is 44.5. The van der Waals surface area contributed by atoms with E-state index >= 15 is 0 Å². The molecule has 17 heavy (non-hydrogen) atoms. The first-order chi connectivity index (χ1) is 7.44. The van der Waals surface area contributed by atoms with Crippen LogP contribution in [0, 0.1) is 0 Å². The molecule has 1 unspecified atom stereocenters. The molecule has 104 valence electrons. The van der Waals surface area contributed by atoms with Crippen LogP contribution >= 0.6 is 0 Å². The summed E-state index contributed by atoms with van der Waals surface area (Å²) >= 11 is 0. The molecule has 0 aromatic heterocycles. The Hall–Kier alpha value is -0.140. The first-order valence-corrected chi connectivity index (χ1v) is 9.31. The summed E-state index contributed by atoms with van der Waals surface area (Å²) in [5.74, 6) is 0.175. The highest BCUT2D eigenvalue weighted by molar-refractivity contribution is 7.92. The molecular formula is C10H23NO4S2. The number of nitrogens with two attached hydrogens (primary N) is 1. The fourth-order valence-electron chi connectivity index (χ4n) is 1.29. The summed E-state index contributed by atoms with van der Waals surface area (Å²) in [5.41, 5.74) is 5.83. The maximum atomic E-state index is 11.5. The van der Waals surface area contributed by atoms with Crippen molar-refractivity contribution in [1.82, 2.24) is 0 Å². The minimum Gasteiger partial charge on any atom is -0.326 e. The quantitative estimate of drug-likeness (QED) is 0.728. The van der Waals surface area contributed by atoms with Crippen molar-refractivity contribution in [3.05, 3.63) is 0 Å². The third-order valence-electron chi connectivity index (χ3n) is 3.26. The van der Waals surface area contributed by atoms with Crippen LogP contribution in [0.5, 0.6) is 0 Å². The Morgan fingerprint density at radius 2 is 1.65 bits per heavy atom. The maximum Gasteiger partial charge on any atom is 0.154 e. The molecule has 0 aliphatic carbocycles. The van der Waals surface area contributed by atoms with Crippen LogP contribution in [0.3, 0.4) is 0 Å². The predicted octanol–water partition coefficient (Wildman–Crippen LogP) is 0.352. The molecule has 0 radical (unpaired) electrons. The number of hydrogen-bond donors (Lipinski definition) is 1. The second kappa shape index (κ2) is 5.67. The molecule has 0 saturated heterocycles. The standard InChI is InChI=1S/C10H23NO4S2/c1-5-17(14,15)8-6-7-9(11)10(2,3)16(4,12)13/h9H,5-8,11H2,1-4H3. The van der Waals surface area contributed by atoms with E-state index in [1.165, 1.54) is 0 Å². The second-order valence-electron chi connectivity index (χ2n) is 4.86. The van der Waals surface area contributed by atoms with Crippen LogP contribution in [0.15, 0.2) is 0 Å². The zero-order chi connectivity index (χ0) is 13.9. The van der Waals surface area contributed by atoms with Gasteiger partial charge in [-0.05, 0) is 26.7 Å². The monoisotopic (exact) mass is 285 g/mol.